The summed E-state index contributed by atoms with van der Waals surface area (Å²) < 4.78 is 0. The number of nitrogens with zero attached hydrogens (tertiary/aromatic N) is 3. The van der Waals surface area contributed by atoms with Crippen LogP contribution in [-0.4, -0.2) is 40.5 Å². The minimum Gasteiger partial charge on any atom is -0.371 e. The average molecular weight is 499 g/mol. The zero-order valence-corrected chi connectivity index (χ0v) is 20.2. The lowest BCUT2D eigenvalue weighted by molar-refractivity contribution is 0.102. The van der Waals surface area contributed by atoms with Crippen molar-refractivity contribution in [1.29, 1.82) is 0 Å². The first-order chi connectivity index (χ1) is 15.8. The maximum Gasteiger partial charge on any atom is 0.259 e. The molecule has 5 rings (SSSR count). The van der Waals surface area contributed by atoms with Crippen LogP contribution < -0.4 is 15.5 Å². The highest BCUT2D eigenvalue weighted by molar-refractivity contribution is 6.08. The number of rotatable bonds is 6. The quantitative estimate of drug-likeness (QED) is 0.332. The molecule has 0 spiro atoms. The van der Waals surface area contributed by atoms with Gasteiger partial charge in [0.2, 0.25) is 0 Å². The van der Waals surface area contributed by atoms with Crippen LogP contribution in [0.2, 0.25) is 0 Å². The van der Waals surface area contributed by atoms with E-state index in [1.165, 1.54) is 5.69 Å². The number of benzene rings is 1. The summed E-state index contributed by atoms with van der Waals surface area (Å²) in [7, 11) is 0. The van der Waals surface area contributed by atoms with E-state index in [4.69, 9.17) is 0 Å². The number of halogens is 2. The van der Waals surface area contributed by atoms with E-state index in [0.717, 1.165) is 49.1 Å². The molecule has 1 saturated heterocycles. The molecule has 1 aliphatic rings. The molecule has 0 unspecified atom stereocenters. The smallest absolute Gasteiger partial charge is 0.259 e. The molecule has 1 aliphatic heterocycles. The highest BCUT2D eigenvalue weighted by Crippen LogP contribution is 2.24. The number of piperidine rings is 1. The van der Waals surface area contributed by atoms with Gasteiger partial charge in [0.25, 0.3) is 5.91 Å². The lowest BCUT2D eigenvalue weighted by atomic mass is 9.96. The summed E-state index contributed by atoms with van der Waals surface area (Å²) >= 11 is 0. The number of H-pyrrole nitrogens is 1. The number of anilines is 3. The maximum absolute atomic E-state index is 12.9. The van der Waals surface area contributed by atoms with Gasteiger partial charge in [-0.15, -0.1) is 24.8 Å². The molecule has 9 heteroatoms. The highest BCUT2D eigenvalue weighted by Gasteiger charge is 2.20. The van der Waals surface area contributed by atoms with E-state index in [9.17, 15) is 4.79 Å². The molecule has 1 amide bonds. The van der Waals surface area contributed by atoms with Crippen molar-refractivity contribution in [3.63, 3.8) is 0 Å². The normalized spacial score (nSPS) is 13.6. The van der Waals surface area contributed by atoms with Crippen LogP contribution >= 0.6 is 24.8 Å². The Bertz CT molecular complexity index is 1210. The zero-order valence-electron chi connectivity index (χ0n) is 18.6. The largest absolute Gasteiger partial charge is 0.371 e. The first kappa shape index (κ1) is 25.3. The Labute approximate surface area is 211 Å². The van der Waals surface area contributed by atoms with Crippen molar-refractivity contribution < 1.29 is 4.79 Å². The summed E-state index contributed by atoms with van der Waals surface area (Å²) in [6, 6.07) is 15.6. The molecule has 7 nitrogen and oxygen atoms in total. The number of hydrogen-bond donors (Lipinski definition) is 3. The average Bonchev–Trinajstić information content (AvgIpc) is 3.32. The molecule has 1 aromatic carbocycles. The second-order valence-corrected chi connectivity index (χ2v) is 8.15. The molecule has 0 atom stereocenters. The summed E-state index contributed by atoms with van der Waals surface area (Å²) in [5, 5.41) is 7.53. The Morgan fingerprint density at radius 2 is 1.82 bits per heavy atom. The Balaban J connectivity index is 0.00000162. The van der Waals surface area contributed by atoms with Gasteiger partial charge in [0.05, 0.1) is 5.56 Å². The lowest BCUT2D eigenvalue weighted by Gasteiger charge is -2.33. The molecular formula is C25H28Cl2N6O. The lowest BCUT2D eigenvalue weighted by Crippen LogP contribution is -2.36. The minimum absolute atomic E-state index is 0. The molecule has 0 radical (unpaired) electrons. The number of aromatic amines is 1. The molecule has 3 aromatic heterocycles. The van der Waals surface area contributed by atoms with Crippen LogP contribution in [0.15, 0.2) is 73.3 Å². The van der Waals surface area contributed by atoms with Crippen molar-refractivity contribution in [2.24, 2.45) is 5.92 Å². The summed E-state index contributed by atoms with van der Waals surface area (Å²) in [5.41, 5.74) is 3.52. The van der Waals surface area contributed by atoms with Crippen molar-refractivity contribution in [2.45, 2.75) is 12.8 Å². The molecule has 0 saturated carbocycles. The fourth-order valence-corrected chi connectivity index (χ4v) is 4.24. The SMILES string of the molecule is Cl.Cl.O=C(Nc1ccc2cc[nH]c2c1)c1cccnc1NCC1CCN(c2ccncc2)CC1. The van der Waals surface area contributed by atoms with Crippen LogP contribution in [-0.2, 0) is 0 Å². The molecule has 4 aromatic rings. The molecule has 0 bridgehead atoms. The summed E-state index contributed by atoms with van der Waals surface area (Å²) in [6.07, 6.45) is 9.48. The first-order valence-corrected chi connectivity index (χ1v) is 11.0. The number of pyridine rings is 2. The topological polar surface area (TPSA) is 85.9 Å². The number of hydrogen-bond acceptors (Lipinski definition) is 5. The molecule has 4 heterocycles. The highest BCUT2D eigenvalue weighted by atomic mass is 35.5. The first-order valence-electron chi connectivity index (χ1n) is 11.0. The summed E-state index contributed by atoms with van der Waals surface area (Å²) in [4.78, 5) is 27.1. The number of aromatic nitrogens is 3. The third-order valence-corrected chi connectivity index (χ3v) is 6.07. The molecule has 1 fully saturated rings. The predicted molar refractivity (Wildman–Crippen MR) is 143 cm³/mol. The number of nitrogens with one attached hydrogen (secondary N) is 3. The van der Waals surface area contributed by atoms with Gasteiger partial charge in [-0.3, -0.25) is 9.78 Å². The maximum atomic E-state index is 12.9. The van der Waals surface area contributed by atoms with Crippen molar-refractivity contribution in [3.8, 4) is 0 Å². The molecule has 178 valence electrons. The van der Waals surface area contributed by atoms with Gasteiger partial charge in [-0.1, -0.05) is 6.07 Å². The third kappa shape index (κ3) is 5.79. The van der Waals surface area contributed by atoms with Gasteiger partial charge in [0.15, 0.2) is 0 Å². The van der Waals surface area contributed by atoms with Crippen molar-refractivity contribution >= 4 is 58.8 Å². The Morgan fingerprint density at radius 1 is 1.03 bits per heavy atom. The molecule has 3 N–H and O–H groups in total. The van der Waals surface area contributed by atoms with Crippen molar-refractivity contribution in [1.82, 2.24) is 15.0 Å². The molecule has 34 heavy (non-hydrogen) atoms. The standard InChI is InChI=1S/C25H26N6O.2ClH/c32-25(30-20-4-3-19-5-13-27-23(19)16-20)22-2-1-10-28-24(22)29-17-18-8-14-31(15-9-18)21-6-11-26-12-7-21;;/h1-7,10-13,16,18,27H,8-9,14-15,17H2,(H,28,29)(H,30,32);2*1H. The van der Waals surface area contributed by atoms with Crippen LogP contribution in [0.3, 0.4) is 0 Å². The van der Waals surface area contributed by atoms with E-state index in [1.807, 2.05) is 48.9 Å². The van der Waals surface area contributed by atoms with E-state index in [0.29, 0.717) is 17.3 Å². The van der Waals surface area contributed by atoms with Crippen LogP contribution in [0, 0.1) is 5.92 Å². The fourth-order valence-electron chi connectivity index (χ4n) is 4.24. The van der Waals surface area contributed by atoms with Gasteiger partial charge >= 0.3 is 0 Å². The van der Waals surface area contributed by atoms with E-state index in [2.05, 4.69) is 42.6 Å². The van der Waals surface area contributed by atoms with Crippen LogP contribution in [0.25, 0.3) is 10.9 Å². The van der Waals surface area contributed by atoms with Crippen molar-refractivity contribution in [2.75, 3.05) is 35.2 Å². The second kappa shape index (κ2) is 11.7. The van der Waals surface area contributed by atoms with E-state index in [1.54, 1.807) is 12.3 Å². The zero-order chi connectivity index (χ0) is 21.8. The second-order valence-electron chi connectivity index (χ2n) is 8.15. The Hall–Kier alpha value is -3.29. The van der Waals surface area contributed by atoms with Gasteiger partial charge in [-0.05, 0) is 66.6 Å². The van der Waals surface area contributed by atoms with E-state index < -0.39 is 0 Å². The Kier molecular flexibility index (Phi) is 8.73. The number of carbonyl (C=O) groups is 1. The third-order valence-electron chi connectivity index (χ3n) is 6.07. The fraction of sp³-hybridized carbons (Fsp3) is 0.240. The van der Waals surface area contributed by atoms with Gasteiger partial charge in [0, 0.05) is 61.3 Å². The van der Waals surface area contributed by atoms with Crippen LogP contribution in [0.5, 0.6) is 0 Å². The van der Waals surface area contributed by atoms with E-state index in [-0.39, 0.29) is 30.7 Å². The number of amides is 1. The van der Waals surface area contributed by atoms with E-state index >= 15 is 0 Å². The minimum atomic E-state index is -0.168. The summed E-state index contributed by atoms with van der Waals surface area (Å²) in [5.74, 6) is 1.00. The Morgan fingerprint density at radius 3 is 2.62 bits per heavy atom. The van der Waals surface area contributed by atoms with Gasteiger partial charge < -0.3 is 20.5 Å². The monoisotopic (exact) mass is 498 g/mol. The molecular weight excluding hydrogens is 471 g/mol. The van der Waals surface area contributed by atoms with Crippen LogP contribution in [0.1, 0.15) is 23.2 Å². The van der Waals surface area contributed by atoms with Crippen molar-refractivity contribution in [3.05, 3.63) is 78.9 Å². The van der Waals surface area contributed by atoms with Gasteiger partial charge in [0.1, 0.15) is 5.82 Å². The number of carbonyl (C=O) groups excluding carboxylic acids is 1. The van der Waals surface area contributed by atoms with Gasteiger partial charge in [-0.25, -0.2) is 4.98 Å². The molecule has 0 aliphatic carbocycles. The van der Waals surface area contributed by atoms with Gasteiger partial charge in [-0.2, -0.15) is 0 Å². The van der Waals surface area contributed by atoms with Crippen LogP contribution in [0.4, 0.5) is 17.2 Å². The number of fused-ring (bicyclic) bond motifs is 1. The predicted octanol–water partition coefficient (Wildman–Crippen LogP) is 5.38. The summed E-state index contributed by atoms with van der Waals surface area (Å²) in [6.45, 7) is 2.84.